The molecule has 0 radical (unpaired) electrons. The molecule has 0 fully saturated rings. The summed E-state index contributed by atoms with van der Waals surface area (Å²) in [5.74, 6) is 3.65. The molecule has 0 amide bonds. The average molecular weight is 334 g/mol. The maximum atomic E-state index is 5.61. The first-order chi connectivity index (χ1) is 11.6. The van der Waals surface area contributed by atoms with Gasteiger partial charge in [0.15, 0.2) is 0 Å². The Labute approximate surface area is 144 Å². The van der Waals surface area contributed by atoms with Crippen molar-refractivity contribution >= 4 is 0 Å². The number of nitrogens with zero attached hydrogens (tertiary/aromatic N) is 4. The van der Waals surface area contributed by atoms with Gasteiger partial charge < -0.3 is 8.83 Å². The predicted octanol–water partition coefficient (Wildman–Crippen LogP) is 4.83. The van der Waals surface area contributed by atoms with Crippen molar-refractivity contribution in [3.05, 3.63) is 23.6 Å². The van der Waals surface area contributed by atoms with Crippen molar-refractivity contribution in [2.45, 2.75) is 90.9 Å². The third-order valence-corrected chi connectivity index (χ3v) is 3.98. The Bertz CT molecular complexity index is 537. The number of hydrogen-bond acceptors (Lipinski definition) is 6. The van der Waals surface area contributed by atoms with E-state index in [9.17, 15) is 0 Å². The van der Waals surface area contributed by atoms with Crippen LogP contribution in [0.25, 0.3) is 0 Å². The second-order valence-electron chi connectivity index (χ2n) is 7.00. The zero-order valence-electron chi connectivity index (χ0n) is 15.4. The van der Waals surface area contributed by atoms with Crippen LogP contribution in [-0.4, -0.2) is 20.4 Å². The normalized spacial score (nSPS) is 11.8. The SMILES string of the molecule is CC(C)c1nnc(CCCCCCCCc2nnc(C(C)C)o2)o1. The summed E-state index contributed by atoms with van der Waals surface area (Å²) in [6.45, 7) is 8.26. The van der Waals surface area contributed by atoms with E-state index < -0.39 is 0 Å². The van der Waals surface area contributed by atoms with Gasteiger partial charge in [0.2, 0.25) is 23.6 Å². The van der Waals surface area contributed by atoms with Gasteiger partial charge in [-0.25, -0.2) is 0 Å². The molecule has 0 atom stereocenters. The first-order valence-electron chi connectivity index (χ1n) is 9.20. The lowest BCUT2D eigenvalue weighted by molar-refractivity contribution is 0.420. The van der Waals surface area contributed by atoms with Crippen LogP contribution >= 0.6 is 0 Å². The third-order valence-electron chi connectivity index (χ3n) is 3.98. The van der Waals surface area contributed by atoms with Gasteiger partial charge in [-0.2, -0.15) is 0 Å². The molecule has 0 unspecified atom stereocenters. The molecule has 2 aromatic rings. The average Bonchev–Trinajstić information content (AvgIpc) is 3.19. The van der Waals surface area contributed by atoms with E-state index in [1.807, 2.05) is 0 Å². The monoisotopic (exact) mass is 334 g/mol. The summed E-state index contributed by atoms with van der Waals surface area (Å²) in [6, 6.07) is 0. The van der Waals surface area contributed by atoms with Gasteiger partial charge in [0.05, 0.1) is 0 Å². The molecule has 0 spiro atoms. The Morgan fingerprint density at radius 2 is 0.958 bits per heavy atom. The highest BCUT2D eigenvalue weighted by Gasteiger charge is 2.10. The summed E-state index contributed by atoms with van der Waals surface area (Å²) in [4.78, 5) is 0. The summed E-state index contributed by atoms with van der Waals surface area (Å²) in [7, 11) is 0. The van der Waals surface area contributed by atoms with E-state index >= 15 is 0 Å². The van der Waals surface area contributed by atoms with Crippen molar-refractivity contribution in [1.29, 1.82) is 0 Å². The first-order valence-corrected chi connectivity index (χ1v) is 9.20. The zero-order valence-corrected chi connectivity index (χ0v) is 15.4. The van der Waals surface area contributed by atoms with Gasteiger partial charge in [0.1, 0.15) is 0 Å². The minimum atomic E-state index is 0.307. The van der Waals surface area contributed by atoms with E-state index in [1.54, 1.807) is 0 Å². The molecule has 2 rings (SSSR count). The van der Waals surface area contributed by atoms with Crippen molar-refractivity contribution in [3.8, 4) is 0 Å². The summed E-state index contributed by atoms with van der Waals surface area (Å²) in [5.41, 5.74) is 0. The van der Waals surface area contributed by atoms with Gasteiger partial charge in [-0.05, 0) is 12.8 Å². The number of unbranched alkanes of at least 4 members (excludes halogenated alkanes) is 5. The minimum absolute atomic E-state index is 0.307. The molecule has 24 heavy (non-hydrogen) atoms. The molecule has 6 heteroatoms. The van der Waals surface area contributed by atoms with E-state index in [0.29, 0.717) is 11.8 Å². The number of aromatic nitrogens is 4. The Hall–Kier alpha value is -1.72. The summed E-state index contributed by atoms with van der Waals surface area (Å²) in [5, 5.41) is 16.3. The molecule has 0 saturated carbocycles. The standard InChI is InChI=1S/C18H30N4O2/c1-13(2)17-21-19-15(23-17)11-9-7-5-6-8-10-12-16-20-22-18(24-16)14(3)4/h13-14H,5-12H2,1-4H3. The van der Waals surface area contributed by atoms with E-state index in [2.05, 4.69) is 48.1 Å². The Morgan fingerprint density at radius 3 is 1.29 bits per heavy atom. The largest absolute Gasteiger partial charge is 0.425 e. The van der Waals surface area contributed by atoms with Crippen molar-refractivity contribution in [1.82, 2.24) is 20.4 Å². The van der Waals surface area contributed by atoms with Crippen LogP contribution in [0.3, 0.4) is 0 Å². The lowest BCUT2D eigenvalue weighted by Crippen LogP contribution is -1.88. The molecule has 6 nitrogen and oxygen atoms in total. The molecule has 0 aliphatic carbocycles. The van der Waals surface area contributed by atoms with E-state index in [4.69, 9.17) is 8.83 Å². The van der Waals surface area contributed by atoms with Gasteiger partial charge in [-0.1, -0.05) is 53.4 Å². The Balaban J connectivity index is 1.49. The van der Waals surface area contributed by atoms with Crippen LogP contribution in [0.2, 0.25) is 0 Å². The molecule has 2 heterocycles. The van der Waals surface area contributed by atoms with Crippen molar-refractivity contribution in [2.75, 3.05) is 0 Å². The highest BCUT2D eigenvalue weighted by molar-refractivity contribution is 4.88. The molecule has 0 saturated heterocycles. The number of rotatable bonds is 11. The highest BCUT2D eigenvalue weighted by atomic mass is 16.4. The lowest BCUT2D eigenvalue weighted by atomic mass is 10.1. The fourth-order valence-electron chi connectivity index (χ4n) is 2.46. The van der Waals surface area contributed by atoms with Crippen molar-refractivity contribution in [3.63, 3.8) is 0 Å². The highest BCUT2D eigenvalue weighted by Crippen LogP contribution is 2.16. The van der Waals surface area contributed by atoms with Crippen molar-refractivity contribution in [2.24, 2.45) is 0 Å². The molecule has 134 valence electrons. The third kappa shape index (κ3) is 6.06. The van der Waals surface area contributed by atoms with Crippen LogP contribution in [0.15, 0.2) is 8.83 Å². The van der Waals surface area contributed by atoms with Crippen LogP contribution < -0.4 is 0 Å². The molecule has 0 bridgehead atoms. The number of hydrogen-bond donors (Lipinski definition) is 0. The maximum Gasteiger partial charge on any atom is 0.219 e. The maximum absolute atomic E-state index is 5.61. The molecule has 0 aliphatic heterocycles. The van der Waals surface area contributed by atoms with Crippen LogP contribution in [0.1, 0.15) is 102 Å². The molecule has 0 aromatic carbocycles. The van der Waals surface area contributed by atoms with E-state index in [0.717, 1.165) is 49.2 Å². The van der Waals surface area contributed by atoms with Crippen LogP contribution in [0, 0.1) is 0 Å². The number of aryl methyl sites for hydroxylation is 2. The lowest BCUT2D eigenvalue weighted by Gasteiger charge is -2.00. The summed E-state index contributed by atoms with van der Waals surface area (Å²) in [6.07, 6.45) is 8.90. The van der Waals surface area contributed by atoms with Gasteiger partial charge in [-0.3, -0.25) is 0 Å². The fraction of sp³-hybridized carbons (Fsp3) is 0.778. The summed E-state index contributed by atoms with van der Waals surface area (Å²) >= 11 is 0. The molecular formula is C18H30N4O2. The van der Waals surface area contributed by atoms with Gasteiger partial charge >= 0.3 is 0 Å². The van der Waals surface area contributed by atoms with Crippen molar-refractivity contribution < 1.29 is 8.83 Å². The second-order valence-corrected chi connectivity index (χ2v) is 7.00. The van der Waals surface area contributed by atoms with E-state index in [1.165, 1.54) is 25.7 Å². The zero-order chi connectivity index (χ0) is 17.4. The fourth-order valence-corrected chi connectivity index (χ4v) is 2.46. The van der Waals surface area contributed by atoms with Gasteiger partial charge in [0.25, 0.3) is 0 Å². The molecule has 0 N–H and O–H groups in total. The quantitative estimate of drug-likeness (QED) is 0.548. The van der Waals surface area contributed by atoms with Gasteiger partial charge in [0, 0.05) is 24.7 Å². The molecule has 0 aliphatic rings. The first kappa shape index (κ1) is 18.6. The van der Waals surface area contributed by atoms with Gasteiger partial charge in [-0.15, -0.1) is 20.4 Å². The Morgan fingerprint density at radius 1 is 0.583 bits per heavy atom. The minimum Gasteiger partial charge on any atom is -0.425 e. The smallest absolute Gasteiger partial charge is 0.219 e. The summed E-state index contributed by atoms with van der Waals surface area (Å²) < 4.78 is 11.2. The van der Waals surface area contributed by atoms with Crippen LogP contribution in [-0.2, 0) is 12.8 Å². The van der Waals surface area contributed by atoms with E-state index in [-0.39, 0.29) is 0 Å². The molecular weight excluding hydrogens is 304 g/mol. The molecule has 2 aromatic heterocycles. The van der Waals surface area contributed by atoms with Crippen LogP contribution in [0.5, 0.6) is 0 Å². The topological polar surface area (TPSA) is 77.8 Å². The Kier molecular flexibility index (Phi) is 7.40. The predicted molar refractivity (Wildman–Crippen MR) is 91.9 cm³/mol. The van der Waals surface area contributed by atoms with Crippen LogP contribution in [0.4, 0.5) is 0 Å². The second kappa shape index (κ2) is 9.55.